The lowest BCUT2D eigenvalue weighted by molar-refractivity contribution is 0.0709. The number of aryl methyl sites for hydroxylation is 2. The van der Waals surface area contributed by atoms with E-state index in [1.807, 2.05) is 68.3 Å². The number of hydrogen-bond acceptors (Lipinski definition) is 3. The lowest BCUT2D eigenvalue weighted by atomic mass is 10.0. The molecular weight excluding hydrogens is 322 g/mol. The van der Waals surface area contributed by atoms with E-state index in [2.05, 4.69) is 9.97 Å². The highest BCUT2D eigenvalue weighted by Crippen LogP contribution is 2.44. The summed E-state index contributed by atoms with van der Waals surface area (Å²) in [6, 6.07) is 13.9. The Labute approximate surface area is 153 Å². The van der Waals surface area contributed by atoms with Crippen molar-refractivity contribution >= 4 is 16.8 Å². The maximum absolute atomic E-state index is 13.4. The summed E-state index contributed by atoms with van der Waals surface area (Å²) < 4.78 is 0. The molecule has 1 aliphatic rings. The molecule has 1 aliphatic carbocycles. The molecule has 4 nitrogen and oxygen atoms in total. The quantitative estimate of drug-likeness (QED) is 0.701. The Balaban J connectivity index is 1.77. The van der Waals surface area contributed by atoms with Crippen molar-refractivity contribution in [3.05, 3.63) is 71.2 Å². The van der Waals surface area contributed by atoms with Crippen LogP contribution in [-0.4, -0.2) is 27.8 Å². The number of amides is 1. The second kappa shape index (κ2) is 6.52. The number of hydrogen-bond donors (Lipinski definition) is 0. The van der Waals surface area contributed by atoms with Crippen LogP contribution in [-0.2, 0) is 0 Å². The molecule has 4 heteroatoms. The average molecular weight is 345 g/mol. The smallest absolute Gasteiger partial charge is 0.254 e. The van der Waals surface area contributed by atoms with Gasteiger partial charge in [-0.25, -0.2) is 0 Å². The third-order valence-electron chi connectivity index (χ3n) is 5.20. The minimum Gasteiger partial charge on any atom is -0.333 e. The molecule has 0 aliphatic heterocycles. The van der Waals surface area contributed by atoms with Gasteiger partial charge in [0.1, 0.15) is 0 Å². The predicted molar refractivity (Wildman–Crippen MR) is 103 cm³/mol. The monoisotopic (exact) mass is 345 g/mol. The molecule has 1 saturated carbocycles. The zero-order chi connectivity index (χ0) is 18.3. The van der Waals surface area contributed by atoms with Crippen molar-refractivity contribution in [1.29, 1.82) is 0 Å². The van der Waals surface area contributed by atoms with E-state index in [1.165, 1.54) is 0 Å². The van der Waals surface area contributed by atoms with Crippen molar-refractivity contribution in [2.75, 3.05) is 7.05 Å². The highest BCUT2D eigenvalue weighted by atomic mass is 16.2. The molecule has 0 saturated heterocycles. The average Bonchev–Trinajstić information content (AvgIpc) is 3.47. The van der Waals surface area contributed by atoms with E-state index < -0.39 is 0 Å². The highest BCUT2D eigenvalue weighted by Gasteiger charge is 2.38. The standard InChI is InChI=1S/C22H23N3O/c1-14-7-6-8-17-18(13-15(2)24-20(14)17)22(26)25(3)21(16-10-11-16)19-9-4-5-12-23-19/h4-9,12-13,16,21H,10-11H2,1-3H3/t21-/m0/s1. The van der Waals surface area contributed by atoms with E-state index in [0.717, 1.165) is 46.3 Å². The summed E-state index contributed by atoms with van der Waals surface area (Å²) in [7, 11) is 1.90. The van der Waals surface area contributed by atoms with Crippen LogP contribution in [0.15, 0.2) is 48.7 Å². The van der Waals surface area contributed by atoms with Crippen LogP contribution in [0, 0.1) is 19.8 Å². The summed E-state index contributed by atoms with van der Waals surface area (Å²) >= 11 is 0. The number of carbonyl (C=O) groups is 1. The second-order valence-electron chi connectivity index (χ2n) is 7.24. The van der Waals surface area contributed by atoms with Gasteiger partial charge >= 0.3 is 0 Å². The first-order valence-corrected chi connectivity index (χ1v) is 9.11. The number of benzene rings is 1. The maximum Gasteiger partial charge on any atom is 0.254 e. The van der Waals surface area contributed by atoms with Crippen molar-refractivity contribution in [1.82, 2.24) is 14.9 Å². The van der Waals surface area contributed by atoms with Gasteiger partial charge in [-0.05, 0) is 56.4 Å². The third-order valence-corrected chi connectivity index (χ3v) is 5.20. The van der Waals surface area contributed by atoms with Crippen LogP contribution in [0.4, 0.5) is 0 Å². The van der Waals surface area contributed by atoms with E-state index in [-0.39, 0.29) is 11.9 Å². The molecule has 2 heterocycles. The van der Waals surface area contributed by atoms with Gasteiger partial charge in [0.15, 0.2) is 0 Å². The summed E-state index contributed by atoms with van der Waals surface area (Å²) in [4.78, 5) is 24.5. The van der Waals surface area contributed by atoms with Crippen LogP contribution in [0.25, 0.3) is 10.9 Å². The van der Waals surface area contributed by atoms with Gasteiger partial charge in [0.2, 0.25) is 0 Å². The van der Waals surface area contributed by atoms with E-state index in [1.54, 1.807) is 6.20 Å². The Morgan fingerprint density at radius 1 is 1.15 bits per heavy atom. The fraction of sp³-hybridized carbons (Fsp3) is 0.318. The van der Waals surface area contributed by atoms with Crippen molar-refractivity contribution in [3.8, 4) is 0 Å². The lowest BCUT2D eigenvalue weighted by Crippen LogP contribution is -2.33. The van der Waals surface area contributed by atoms with E-state index in [0.29, 0.717) is 5.92 Å². The van der Waals surface area contributed by atoms with Gasteiger partial charge in [-0.3, -0.25) is 14.8 Å². The molecule has 2 aromatic heterocycles. The molecule has 0 bridgehead atoms. The normalized spacial score (nSPS) is 15.0. The fourth-order valence-electron chi connectivity index (χ4n) is 3.73. The van der Waals surface area contributed by atoms with Crippen LogP contribution >= 0.6 is 0 Å². The molecule has 1 atom stereocenters. The number of pyridine rings is 2. The van der Waals surface area contributed by atoms with Crippen LogP contribution in [0.1, 0.15) is 46.2 Å². The number of para-hydroxylation sites is 1. The lowest BCUT2D eigenvalue weighted by Gasteiger charge is -2.28. The van der Waals surface area contributed by atoms with Crippen molar-refractivity contribution < 1.29 is 4.79 Å². The molecule has 26 heavy (non-hydrogen) atoms. The SMILES string of the molecule is Cc1cc(C(=O)N(C)[C@H](c2ccccn2)C2CC2)c2cccc(C)c2n1. The van der Waals surface area contributed by atoms with Crippen molar-refractivity contribution in [2.24, 2.45) is 5.92 Å². The van der Waals surface area contributed by atoms with Gasteiger partial charge in [-0.15, -0.1) is 0 Å². The molecule has 0 unspecified atom stereocenters. The largest absolute Gasteiger partial charge is 0.333 e. The Bertz CT molecular complexity index is 964. The van der Waals surface area contributed by atoms with Crippen LogP contribution in [0.3, 0.4) is 0 Å². The Kier molecular flexibility index (Phi) is 4.19. The first kappa shape index (κ1) is 16.7. The van der Waals surface area contributed by atoms with Crippen molar-refractivity contribution in [2.45, 2.75) is 32.7 Å². The number of fused-ring (bicyclic) bond motifs is 1. The third kappa shape index (κ3) is 2.96. The highest BCUT2D eigenvalue weighted by molar-refractivity contribution is 6.06. The summed E-state index contributed by atoms with van der Waals surface area (Å²) in [5.41, 5.74) is 4.55. The summed E-state index contributed by atoms with van der Waals surface area (Å²) in [5, 5.41) is 0.919. The van der Waals surface area contributed by atoms with E-state index >= 15 is 0 Å². The molecule has 3 aromatic rings. The molecule has 4 rings (SSSR count). The van der Waals surface area contributed by atoms with Gasteiger partial charge in [-0.1, -0.05) is 24.3 Å². The number of aromatic nitrogens is 2. The molecule has 0 N–H and O–H groups in total. The molecule has 0 radical (unpaired) electrons. The maximum atomic E-state index is 13.4. The van der Waals surface area contributed by atoms with Crippen LogP contribution in [0.5, 0.6) is 0 Å². The van der Waals surface area contributed by atoms with Crippen molar-refractivity contribution in [3.63, 3.8) is 0 Å². The molecule has 132 valence electrons. The van der Waals surface area contributed by atoms with Gasteiger partial charge in [-0.2, -0.15) is 0 Å². The topological polar surface area (TPSA) is 46.1 Å². The zero-order valence-corrected chi connectivity index (χ0v) is 15.4. The molecule has 1 aromatic carbocycles. The number of carbonyl (C=O) groups excluding carboxylic acids is 1. The Morgan fingerprint density at radius 2 is 1.96 bits per heavy atom. The van der Waals surface area contributed by atoms with Crippen LogP contribution in [0.2, 0.25) is 0 Å². The van der Waals surface area contributed by atoms with E-state index in [4.69, 9.17) is 0 Å². The van der Waals surface area contributed by atoms with E-state index in [9.17, 15) is 4.79 Å². The summed E-state index contributed by atoms with van der Waals surface area (Å²) in [6.07, 6.45) is 4.10. The number of nitrogens with zero attached hydrogens (tertiary/aromatic N) is 3. The van der Waals surface area contributed by atoms with Gasteiger partial charge in [0, 0.05) is 24.3 Å². The second-order valence-corrected chi connectivity index (χ2v) is 7.24. The molecule has 0 spiro atoms. The fourth-order valence-corrected chi connectivity index (χ4v) is 3.73. The molecule has 1 fully saturated rings. The summed E-state index contributed by atoms with van der Waals surface area (Å²) in [6.45, 7) is 3.98. The Hall–Kier alpha value is -2.75. The predicted octanol–water partition coefficient (Wildman–Crippen LogP) is 4.47. The summed E-state index contributed by atoms with van der Waals surface area (Å²) in [5.74, 6) is 0.531. The van der Waals surface area contributed by atoms with Crippen LogP contribution < -0.4 is 0 Å². The zero-order valence-electron chi connectivity index (χ0n) is 15.4. The minimum absolute atomic E-state index is 0.0250. The molecular formula is C22H23N3O. The van der Waals surface area contributed by atoms with Gasteiger partial charge in [0.05, 0.1) is 22.8 Å². The first-order valence-electron chi connectivity index (χ1n) is 9.11. The number of rotatable bonds is 4. The van der Waals surface area contributed by atoms with Gasteiger partial charge < -0.3 is 4.90 Å². The minimum atomic E-state index is 0.0250. The first-order chi connectivity index (χ1) is 12.6. The molecule has 1 amide bonds. The Morgan fingerprint density at radius 3 is 2.65 bits per heavy atom. The van der Waals surface area contributed by atoms with Gasteiger partial charge in [0.25, 0.3) is 5.91 Å².